The number of nitrogens with one attached hydrogen (secondary N) is 2. The summed E-state index contributed by atoms with van der Waals surface area (Å²) >= 11 is 0. The summed E-state index contributed by atoms with van der Waals surface area (Å²) in [6.07, 6.45) is 0.684. The van der Waals surface area contributed by atoms with Gasteiger partial charge in [0.2, 0.25) is 5.91 Å². The van der Waals surface area contributed by atoms with Gasteiger partial charge in [-0.3, -0.25) is 19.3 Å². The van der Waals surface area contributed by atoms with E-state index in [0.29, 0.717) is 29.8 Å². The van der Waals surface area contributed by atoms with Gasteiger partial charge in [0.1, 0.15) is 5.70 Å². The summed E-state index contributed by atoms with van der Waals surface area (Å²) < 4.78 is 0. The number of hydrogen-bond donors (Lipinski definition) is 2. The molecule has 2 N–H and O–H groups in total. The normalized spacial score (nSPS) is 13.9. The van der Waals surface area contributed by atoms with Crippen LogP contribution in [-0.2, 0) is 14.4 Å². The maximum absolute atomic E-state index is 13.0. The van der Waals surface area contributed by atoms with Gasteiger partial charge in [0.15, 0.2) is 0 Å². The number of rotatable bonds is 6. The zero-order chi connectivity index (χ0) is 20.3. The molecule has 6 heteroatoms. The van der Waals surface area contributed by atoms with Crippen molar-refractivity contribution in [2.45, 2.75) is 27.2 Å². The molecule has 0 saturated heterocycles. The van der Waals surface area contributed by atoms with Crippen LogP contribution in [0.25, 0.3) is 5.57 Å². The summed E-state index contributed by atoms with van der Waals surface area (Å²) in [5.41, 5.74) is 3.64. The van der Waals surface area contributed by atoms with Crippen molar-refractivity contribution >= 4 is 34.7 Å². The highest BCUT2D eigenvalue weighted by atomic mass is 16.2. The number of amides is 3. The number of aryl methyl sites for hydroxylation is 1. The molecular weight excluding hydrogens is 354 g/mol. The highest BCUT2D eigenvalue weighted by molar-refractivity contribution is 6.36. The van der Waals surface area contributed by atoms with Crippen LogP contribution in [-0.4, -0.2) is 29.2 Å². The van der Waals surface area contributed by atoms with Gasteiger partial charge in [-0.25, -0.2) is 0 Å². The van der Waals surface area contributed by atoms with Gasteiger partial charge in [0, 0.05) is 24.8 Å². The first-order valence-electron chi connectivity index (χ1n) is 9.23. The Bertz CT molecular complexity index is 961. The molecule has 1 aliphatic heterocycles. The molecule has 0 radical (unpaired) electrons. The van der Waals surface area contributed by atoms with E-state index in [1.807, 2.05) is 38.1 Å². The molecule has 1 aliphatic rings. The zero-order valence-corrected chi connectivity index (χ0v) is 16.2. The summed E-state index contributed by atoms with van der Waals surface area (Å²) in [5.74, 6) is -0.804. The minimum atomic E-state index is -0.323. The van der Waals surface area contributed by atoms with Crippen molar-refractivity contribution in [3.63, 3.8) is 0 Å². The lowest BCUT2D eigenvalue weighted by molar-refractivity contribution is -0.136. The second kappa shape index (κ2) is 8.08. The first-order valence-corrected chi connectivity index (χ1v) is 9.23. The Labute approximate surface area is 164 Å². The number of hydrogen-bond acceptors (Lipinski definition) is 4. The number of benzene rings is 2. The van der Waals surface area contributed by atoms with E-state index in [4.69, 9.17) is 0 Å². The van der Waals surface area contributed by atoms with E-state index >= 15 is 0 Å². The van der Waals surface area contributed by atoms with E-state index in [1.54, 1.807) is 24.3 Å². The molecule has 3 amide bonds. The van der Waals surface area contributed by atoms with Crippen LogP contribution in [0, 0.1) is 6.92 Å². The number of para-hydroxylation sites is 1. The molecule has 0 unspecified atom stereocenters. The quantitative estimate of drug-likeness (QED) is 0.755. The standard InChI is InChI=1S/C22H23N3O3/c1-4-13-25-21(27)19(16-9-11-17(12-10-16)23-15(3)26)20(22(25)28)24-18-8-6-5-7-14(18)2/h5-12,24H,4,13H2,1-3H3,(H,23,26). The molecule has 0 aliphatic carbocycles. The number of anilines is 2. The van der Waals surface area contributed by atoms with Crippen molar-refractivity contribution in [1.29, 1.82) is 0 Å². The molecule has 0 saturated carbocycles. The summed E-state index contributed by atoms with van der Waals surface area (Å²) in [6, 6.07) is 14.5. The Kier molecular flexibility index (Phi) is 5.59. The molecule has 2 aromatic rings. The third-order valence-electron chi connectivity index (χ3n) is 4.51. The Morgan fingerprint density at radius 2 is 1.68 bits per heavy atom. The van der Waals surface area contributed by atoms with E-state index in [1.165, 1.54) is 11.8 Å². The molecule has 6 nitrogen and oxygen atoms in total. The smallest absolute Gasteiger partial charge is 0.278 e. The average molecular weight is 377 g/mol. The second-order valence-corrected chi connectivity index (χ2v) is 6.71. The molecule has 2 aromatic carbocycles. The highest BCUT2D eigenvalue weighted by Gasteiger charge is 2.38. The van der Waals surface area contributed by atoms with Gasteiger partial charge in [-0.15, -0.1) is 0 Å². The first-order chi connectivity index (χ1) is 13.4. The number of carbonyl (C=O) groups excluding carboxylic acids is 3. The predicted octanol–water partition coefficient (Wildman–Crippen LogP) is 3.56. The van der Waals surface area contributed by atoms with Crippen LogP contribution in [0.2, 0.25) is 0 Å². The van der Waals surface area contributed by atoms with Crippen LogP contribution in [0.1, 0.15) is 31.4 Å². The maximum atomic E-state index is 13.0. The predicted molar refractivity (Wildman–Crippen MR) is 109 cm³/mol. The molecule has 0 spiro atoms. The Hall–Kier alpha value is -3.41. The maximum Gasteiger partial charge on any atom is 0.278 e. The summed E-state index contributed by atoms with van der Waals surface area (Å²) in [4.78, 5) is 38.4. The van der Waals surface area contributed by atoms with Gasteiger partial charge in [-0.2, -0.15) is 0 Å². The van der Waals surface area contributed by atoms with Crippen LogP contribution in [0.15, 0.2) is 54.2 Å². The van der Waals surface area contributed by atoms with Crippen LogP contribution in [0.4, 0.5) is 11.4 Å². The number of nitrogens with zero attached hydrogens (tertiary/aromatic N) is 1. The van der Waals surface area contributed by atoms with Crippen molar-refractivity contribution < 1.29 is 14.4 Å². The molecule has 0 aromatic heterocycles. The van der Waals surface area contributed by atoms with Crippen molar-refractivity contribution in [2.24, 2.45) is 0 Å². The SMILES string of the molecule is CCCN1C(=O)C(Nc2ccccc2C)=C(c2ccc(NC(C)=O)cc2)C1=O. The third-order valence-corrected chi connectivity index (χ3v) is 4.51. The minimum Gasteiger partial charge on any atom is -0.350 e. The third kappa shape index (κ3) is 3.81. The fraction of sp³-hybridized carbons (Fsp3) is 0.227. The van der Waals surface area contributed by atoms with Gasteiger partial charge in [-0.05, 0) is 42.7 Å². The molecule has 144 valence electrons. The van der Waals surface area contributed by atoms with Gasteiger partial charge in [-0.1, -0.05) is 37.3 Å². The van der Waals surface area contributed by atoms with Gasteiger partial charge >= 0.3 is 0 Å². The van der Waals surface area contributed by atoms with Crippen LogP contribution in [0.3, 0.4) is 0 Å². The number of carbonyl (C=O) groups is 3. The fourth-order valence-electron chi connectivity index (χ4n) is 3.16. The number of imide groups is 1. The zero-order valence-electron chi connectivity index (χ0n) is 16.2. The van der Waals surface area contributed by atoms with E-state index in [0.717, 1.165) is 11.3 Å². The summed E-state index contributed by atoms with van der Waals surface area (Å²) in [7, 11) is 0. The van der Waals surface area contributed by atoms with E-state index in [-0.39, 0.29) is 23.4 Å². The summed E-state index contributed by atoms with van der Waals surface area (Å²) in [6.45, 7) is 5.66. The largest absolute Gasteiger partial charge is 0.350 e. The lowest BCUT2D eigenvalue weighted by atomic mass is 10.0. The Morgan fingerprint density at radius 3 is 2.29 bits per heavy atom. The van der Waals surface area contributed by atoms with E-state index in [9.17, 15) is 14.4 Å². The molecule has 28 heavy (non-hydrogen) atoms. The van der Waals surface area contributed by atoms with Crippen LogP contribution < -0.4 is 10.6 Å². The highest BCUT2D eigenvalue weighted by Crippen LogP contribution is 2.31. The van der Waals surface area contributed by atoms with Crippen molar-refractivity contribution in [1.82, 2.24) is 4.90 Å². The molecular formula is C22H23N3O3. The first kappa shape index (κ1) is 19.4. The molecule has 0 fully saturated rings. The molecule has 0 bridgehead atoms. The lowest BCUT2D eigenvalue weighted by Gasteiger charge is -2.14. The van der Waals surface area contributed by atoms with Crippen molar-refractivity contribution in [3.8, 4) is 0 Å². The topological polar surface area (TPSA) is 78.5 Å². The Morgan fingerprint density at radius 1 is 1.00 bits per heavy atom. The lowest BCUT2D eigenvalue weighted by Crippen LogP contribution is -2.33. The second-order valence-electron chi connectivity index (χ2n) is 6.71. The van der Waals surface area contributed by atoms with Crippen LogP contribution in [0.5, 0.6) is 0 Å². The molecule has 3 rings (SSSR count). The monoisotopic (exact) mass is 377 g/mol. The Balaban J connectivity index is 2.04. The minimum absolute atomic E-state index is 0.171. The van der Waals surface area contributed by atoms with Crippen LogP contribution >= 0.6 is 0 Å². The fourth-order valence-corrected chi connectivity index (χ4v) is 3.16. The van der Waals surface area contributed by atoms with E-state index < -0.39 is 0 Å². The average Bonchev–Trinajstić information content (AvgIpc) is 2.89. The van der Waals surface area contributed by atoms with Gasteiger partial charge in [0.05, 0.1) is 5.57 Å². The summed E-state index contributed by atoms with van der Waals surface area (Å²) in [5, 5.41) is 5.87. The van der Waals surface area contributed by atoms with Crippen molar-refractivity contribution in [2.75, 3.05) is 17.2 Å². The van der Waals surface area contributed by atoms with Gasteiger partial charge in [0.25, 0.3) is 11.8 Å². The van der Waals surface area contributed by atoms with E-state index in [2.05, 4.69) is 10.6 Å². The molecule has 1 heterocycles. The van der Waals surface area contributed by atoms with Gasteiger partial charge < -0.3 is 10.6 Å². The molecule has 0 atom stereocenters. The van der Waals surface area contributed by atoms with Crippen molar-refractivity contribution in [3.05, 3.63) is 65.4 Å².